The minimum Gasteiger partial charge on any atom is -0.481 e. The summed E-state index contributed by atoms with van der Waals surface area (Å²) in [6.45, 7) is 0. The second-order valence-electron chi connectivity index (χ2n) is 4.23. The number of carboxylic acid groups (broad SMARTS) is 2. The number of carboxylic acids is 2. The molecule has 0 aromatic heterocycles. The van der Waals surface area contributed by atoms with Gasteiger partial charge in [-0.05, 0) is 6.42 Å². The van der Waals surface area contributed by atoms with Gasteiger partial charge in [-0.15, -0.1) is 0 Å². The zero-order chi connectivity index (χ0) is 11.9. The number of nitrogens with zero attached hydrogens (tertiary/aromatic N) is 1. The minimum absolute atomic E-state index is 0.147. The first-order chi connectivity index (χ1) is 7.56. The summed E-state index contributed by atoms with van der Waals surface area (Å²) in [4.78, 5) is 22.0. The number of carbonyl (C=O) groups is 2. The van der Waals surface area contributed by atoms with Gasteiger partial charge in [-0.1, -0.05) is 0 Å². The third-order valence-electron chi connectivity index (χ3n) is 3.40. The van der Waals surface area contributed by atoms with Crippen LogP contribution in [-0.4, -0.2) is 34.4 Å². The summed E-state index contributed by atoms with van der Waals surface area (Å²) in [5.41, 5.74) is 0. The highest BCUT2D eigenvalue weighted by Crippen LogP contribution is 2.47. The van der Waals surface area contributed by atoms with Gasteiger partial charge in [-0.2, -0.15) is 5.26 Å². The van der Waals surface area contributed by atoms with Gasteiger partial charge in [0, 0.05) is 12.3 Å². The molecule has 0 aliphatic carbocycles. The van der Waals surface area contributed by atoms with E-state index in [0.717, 1.165) is 0 Å². The summed E-state index contributed by atoms with van der Waals surface area (Å²) in [5.74, 6) is -4.42. The van der Waals surface area contributed by atoms with Crippen molar-refractivity contribution in [3.8, 4) is 6.07 Å². The lowest BCUT2D eigenvalue weighted by Crippen LogP contribution is -2.41. The van der Waals surface area contributed by atoms with Crippen molar-refractivity contribution in [1.29, 1.82) is 5.26 Å². The zero-order valence-electron chi connectivity index (χ0n) is 8.37. The van der Waals surface area contributed by atoms with Crippen molar-refractivity contribution in [2.45, 2.75) is 25.0 Å². The van der Waals surface area contributed by atoms with E-state index in [1.807, 2.05) is 6.07 Å². The van der Waals surface area contributed by atoms with E-state index in [0.29, 0.717) is 6.42 Å². The van der Waals surface area contributed by atoms with Crippen LogP contribution in [-0.2, 0) is 14.3 Å². The van der Waals surface area contributed by atoms with Gasteiger partial charge >= 0.3 is 11.9 Å². The summed E-state index contributed by atoms with van der Waals surface area (Å²) in [7, 11) is 0. The molecule has 2 saturated heterocycles. The molecule has 0 amide bonds. The van der Waals surface area contributed by atoms with E-state index in [4.69, 9.17) is 20.2 Å². The van der Waals surface area contributed by atoms with Gasteiger partial charge in [0.15, 0.2) is 0 Å². The Morgan fingerprint density at radius 1 is 1.31 bits per heavy atom. The van der Waals surface area contributed by atoms with Crippen LogP contribution in [0.4, 0.5) is 0 Å². The van der Waals surface area contributed by atoms with E-state index in [1.54, 1.807) is 0 Å². The molecule has 2 fully saturated rings. The van der Waals surface area contributed by atoms with Crippen molar-refractivity contribution < 1.29 is 24.5 Å². The number of aliphatic carboxylic acids is 2. The predicted octanol–water partition coefficient (Wildman–Crippen LogP) is 0.0890. The summed E-state index contributed by atoms with van der Waals surface area (Å²) in [5, 5.41) is 26.6. The fraction of sp³-hybridized carbons (Fsp3) is 0.700. The Hall–Kier alpha value is -1.61. The third-order valence-corrected chi connectivity index (χ3v) is 3.40. The van der Waals surface area contributed by atoms with Crippen molar-refractivity contribution in [2.24, 2.45) is 17.8 Å². The first-order valence-electron chi connectivity index (χ1n) is 5.04. The number of nitriles is 1. The molecule has 2 rings (SSSR count). The number of hydrogen-bond acceptors (Lipinski definition) is 4. The van der Waals surface area contributed by atoms with Crippen LogP contribution in [0.3, 0.4) is 0 Å². The molecule has 0 radical (unpaired) electrons. The van der Waals surface area contributed by atoms with Crippen molar-refractivity contribution >= 4 is 11.9 Å². The van der Waals surface area contributed by atoms with Crippen LogP contribution in [0.5, 0.6) is 0 Å². The highest BCUT2D eigenvalue weighted by molar-refractivity contribution is 5.82. The molecule has 86 valence electrons. The summed E-state index contributed by atoms with van der Waals surface area (Å²) in [6, 6.07) is 1.98. The zero-order valence-corrected chi connectivity index (χ0v) is 8.37. The maximum atomic E-state index is 11.0. The molecule has 0 saturated carbocycles. The monoisotopic (exact) mass is 225 g/mol. The Kier molecular flexibility index (Phi) is 2.56. The maximum Gasteiger partial charge on any atom is 0.310 e. The molecule has 6 nitrogen and oxygen atoms in total. The van der Waals surface area contributed by atoms with Crippen molar-refractivity contribution in [1.82, 2.24) is 0 Å². The van der Waals surface area contributed by atoms with Crippen LogP contribution < -0.4 is 0 Å². The smallest absolute Gasteiger partial charge is 0.310 e. The number of hydrogen-bond donors (Lipinski definition) is 2. The molecule has 2 bridgehead atoms. The van der Waals surface area contributed by atoms with Gasteiger partial charge in [0.2, 0.25) is 0 Å². The fourth-order valence-electron chi connectivity index (χ4n) is 2.77. The van der Waals surface area contributed by atoms with Crippen LogP contribution in [0.2, 0.25) is 0 Å². The average Bonchev–Trinajstić information content (AvgIpc) is 2.73. The highest BCUT2D eigenvalue weighted by Gasteiger charge is 2.59. The summed E-state index contributed by atoms with van der Waals surface area (Å²) < 4.78 is 5.37. The summed E-state index contributed by atoms with van der Waals surface area (Å²) >= 11 is 0. The first-order valence-corrected chi connectivity index (χ1v) is 5.04. The molecule has 2 heterocycles. The van der Waals surface area contributed by atoms with Gasteiger partial charge in [0.05, 0.1) is 30.1 Å². The van der Waals surface area contributed by atoms with Crippen LogP contribution in [0.15, 0.2) is 0 Å². The Labute approximate surface area is 91.4 Å². The van der Waals surface area contributed by atoms with E-state index >= 15 is 0 Å². The summed E-state index contributed by atoms with van der Waals surface area (Å²) in [6.07, 6.45) is -0.485. The Morgan fingerprint density at radius 3 is 2.44 bits per heavy atom. The van der Waals surface area contributed by atoms with Gasteiger partial charge in [0.1, 0.15) is 0 Å². The Balaban J connectivity index is 2.22. The molecular weight excluding hydrogens is 214 g/mol. The van der Waals surface area contributed by atoms with E-state index in [-0.39, 0.29) is 12.3 Å². The lowest BCUT2D eigenvalue weighted by Gasteiger charge is -2.26. The molecule has 0 aromatic rings. The molecule has 0 aromatic carbocycles. The fourth-order valence-corrected chi connectivity index (χ4v) is 2.77. The van der Waals surface area contributed by atoms with Crippen LogP contribution in [0.25, 0.3) is 0 Å². The van der Waals surface area contributed by atoms with Crippen LogP contribution in [0, 0.1) is 29.1 Å². The van der Waals surface area contributed by atoms with Crippen molar-refractivity contribution in [3.63, 3.8) is 0 Å². The molecule has 5 atom stereocenters. The molecule has 5 unspecified atom stereocenters. The van der Waals surface area contributed by atoms with Gasteiger partial charge in [-0.25, -0.2) is 0 Å². The van der Waals surface area contributed by atoms with Gasteiger partial charge < -0.3 is 14.9 Å². The van der Waals surface area contributed by atoms with Gasteiger partial charge in [0.25, 0.3) is 0 Å². The lowest BCUT2D eigenvalue weighted by atomic mass is 9.73. The third kappa shape index (κ3) is 1.44. The second kappa shape index (κ2) is 3.76. The molecule has 16 heavy (non-hydrogen) atoms. The van der Waals surface area contributed by atoms with Crippen LogP contribution >= 0.6 is 0 Å². The topological polar surface area (TPSA) is 108 Å². The van der Waals surface area contributed by atoms with Crippen molar-refractivity contribution in [3.05, 3.63) is 0 Å². The predicted molar refractivity (Wildman–Crippen MR) is 49.2 cm³/mol. The minimum atomic E-state index is -1.15. The maximum absolute atomic E-state index is 11.0. The molecule has 0 spiro atoms. The average molecular weight is 225 g/mol. The standard InChI is InChI=1S/C10H11NO5/c11-2-1-4-3-5-6(9(12)13)7(10(14)15)8(4)16-5/h4-8H,1,3H2,(H,12,13)(H,14,15). The molecule has 6 heteroatoms. The largest absolute Gasteiger partial charge is 0.481 e. The number of rotatable bonds is 3. The van der Waals surface area contributed by atoms with E-state index < -0.39 is 36.0 Å². The Bertz CT molecular complexity index is 374. The number of ether oxygens (including phenoxy) is 1. The highest BCUT2D eigenvalue weighted by atomic mass is 16.5. The van der Waals surface area contributed by atoms with Gasteiger partial charge in [-0.3, -0.25) is 9.59 Å². The molecule has 2 aliphatic heterocycles. The second-order valence-corrected chi connectivity index (χ2v) is 4.23. The number of fused-ring (bicyclic) bond motifs is 2. The lowest BCUT2D eigenvalue weighted by molar-refractivity contribution is -0.154. The molecule has 2 aliphatic rings. The first kappa shape index (κ1) is 10.9. The van der Waals surface area contributed by atoms with Crippen molar-refractivity contribution in [2.75, 3.05) is 0 Å². The van der Waals surface area contributed by atoms with Crippen LogP contribution in [0.1, 0.15) is 12.8 Å². The van der Waals surface area contributed by atoms with E-state index in [1.165, 1.54) is 0 Å². The normalized spacial score (nSPS) is 40.6. The van der Waals surface area contributed by atoms with E-state index in [2.05, 4.69) is 0 Å². The van der Waals surface area contributed by atoms with E-state index in [9.17, 15) is 9.59 Å². The molecular formula is C10H11NO5. The Morgan fingerprint density at radius 2 is 1.94 bits per heavy atom. The quantitative estimate of drug-likeness (QED) is 0.704. The SMILES string of the molecule is N#CCC1CC2OC1C(C(=O)O)C2C(=O)O. The molecule has 2 N–H and O–H groups in total.